The number of rotatable bonds is 4. The molecule has 2 aliphatic heterocycles. The molecule has 0 radical (unpaired) electrons. The third-order valence-corrected chi connectivity index (χ3v) is 6.06. The minimum Gasteiger partial charge on any atom is -0.469 e. The second-order valence-electron chi connectivity index (χ2n) is 7.92. The lowest BCUT2D eigenvalue weighted by atomic mass is 9.93. The Morgan fingerprint density at radius 1 is 1.21 bits per heavy atom. The first-order chi connectivity index (χ1) is 14.0. The zero-order valence-electron chi connectivity index (χ0n) is 16.7. The molecule has 0 bridgehead atoms. The minimum atomic E-state index is -0.371. The van der Waals surface area contributed by atoms with Crippen LogP contribution in [0.3, 0.4) is 0 Å². The van der Waals surface area contributed by atoms with E-state index in [0.29, 0.717) is 19.5 Å². The summed E-state index contributed by atoms with van der Waals surface area (Å²) in [6, 6.07) is 14.1. The standard InChI is InChI=1S/C23H25FN2O3/c1-15-10-18(24)9-8-17(15)12-25-13-19-11-20(23(28)29-2)22(26(19)21(27)14-25)16-6-4-3-5-7-16/h3-10,19-20,22H,11-14H2,1-2H3/t19-,20-,22-/m0/s1. The molecule has 0 aliphatic carbocycles. The van der Waals surface area contributed by atoms with Gasteiger partial charge in [-0.25, -0.2) is 4.39 Å². The molecule has 5 nitrogen and oxygen atoms in total. The molecule has 3 atom stereocenters. The fourth-order valence-corrected chi connectivity index (χ4v) is 4.73. The molecule has 0 N–H and O–H groups in total. The molecule has 1 amide bonds. The van der Waals surface area contributed by atoms with Crippen LogP contribution in [0.15, 0.2) is 48.5 Å². The smallest absolute Gasteiger partial charge is 0.311 e. The number of aryl methyl sites for hydroxylation is 1. The Labute approximate surface area is 170 Å². The third kappa shape index (κ3) is 3.77. The van der Waals surface area contributed by atoms with Crippen LogP contribution in [0, 0.1) is 18.7 Å². The Bertz CT molecular complexity index is 918. The average molecular weight is 396 g/mol. The molecule has 2 fully saturated rings. The van der Waals surface area contributed by atoms with E-state index in [2.05, 4.69) is 4.90 Å². The number of hydrogen-bond donors (Lipinski definition) is 0. The van der Waals surface area contributed by atoms with Gasteiger partial charge in [0.05, 0.1) is 25.6 Å². The molecular formula is C23H25FN2O3. The van der Waals surface area contributed by atoms with Gasteiger partial charge in [-0.05, 0) is 42.2 Å². The molecular weight excluding hydrogens is 371 g/mol. The van der Waals surface area contributed by atoms with Crippen LogP contribution >= 0.6 is 0 Å². The molecule has 29 heavy (non-hydrogen) atoms. The Balaban J connectivity index is 1.58. The van der Waals surface area contributed by atoms with Gasteiger partial charge in [0.15, 0.2) is 0 Å². The second kappa shape index (κ2) is 7.95. The highest BCUT2D eigenvalue weighted by molar-refractivity contribution is 5.83. The number of nitrogens with zero attached hydrogens (tertiary/aromatic N) is 2. The molecule has 0 spiro atoms. The highest BCUT2D eigenvalue weighted by atomic mass is 19.1. The number of piperazine rings is 1. The van der Waals surface area contributed by atoms with Crippen molar-refractivity contribution in [3.8, 4) is 0 Å². The van der Waals surface area contributed by atoms with Gasteiger partial charge in [0.2, 0.25) is 5.91 Å². The van der Waals surface area contributed by atoms with Crippen molar-refractivity contribution < 1.29 is 18.7 Å². The first-order valence-corrected chi connectivity index (χ1v) is 9.89. The average Bonchev–Trinajstić information content (AvgIpc) is 3.10. The van der Waals surface area contributed by atoms with Gasteiger partial charge in [-0.15, -0.1) is 0 Å². The minimum absolute atomic E-state index is 0.0151. The zero-order valence-corrected chi connectivity index (χ0v) is 16.7. The molecule has 2 aromatic carbocycles. The number of methoxy groups -OCH3 is 1. The van der Waals surface area contributed by atoms with Crippen molar-refractivity contribution in [3.63, 3.8) is 0 Å². The summed E-state index contributed by atoms with van der Waals surface area (Å²) in [6.07, 6.45) is 0.580. The van der Waals surface area contributed by atoms with Gasteiger partial charge in [0, 0.05) is 19.1 Å². The first-order valence-electron chi connectivity index (χ1n) is 9.89. The van der Waals surface area contributed by atoms with Gasteiger partial charge in [-0.1, -0.05) is 36.4 Å². The van der Waals surface area contributed by atoms with Crippen molar-refractivity contribution in [2.45, 2.75) is 32.0 Å². The Hall–Kier alpha value is -2.73. The number of esters is 1. The van der Waals surface area contributed by atoms with Crippen molar-refractivity contribution in [3.05, 3.63) is 71.0 Å². The van der Waals surface area contributed by atoms with E-state index in [1.807, 2.05) is 42.2 Å². The lowest BCUT2D eigenvalue weighted by Gasteiger charge is -2.40. The van der Waals surface area contributed by atoms with Crippen molar-refractivity contribution in [2.24, 2.45) is 5.92 Å². The van der Waals surface area contributed by atoms with Crippen LogP contribution in [-0.4, -0.2) is 47.9 Å². The quantitative estimate of drug-likeness (QED) is 0.746. The maximum Gasteiger partial charge on any atom is 0.311 e. The van der Waals surface area contributed by atoms with Crippen LogP contribution in [0.2, 0.25) is 0 Å². The van der Waals surface area contributed by atoms with E-state index in [0.717, 1.165) is 16.7 Å². The van der Waals surface area contributed by atoms with Crippen LogP contribution in [0.25, 0.3) is 0 Å². The molecule has 0 aromatic heterocycles. The first kappa shape index (κ1) is 19.6. The summed E-state index contributed by atoms with van der Waals surface area (Å²) in [6.45, 7) is 3.43. The predicted octanol–water partition coefficient (Wildman–Crippen LogP) is 3.08. The van der Waals surface area contributed by atoms with Crippen molar-refractivity contribution in [2.75, 3.05) is 20.2 Å². The molecule has 0 unspecified atom stereocenters. The summed E-state index contributed by atoms with van der Waals surface area (Å²) in [5.41, 5.74) is 2.84. The van der Waals surface area contributed by atoms with E-state index in [1.165, 1.54) is 19.2 Å². The zero-order chi connectivity index (χ0) is 20.5. The lowest BCUT2D eigenvalue weighted by molar-refractivity contribution is -0.147. The molecule has 6 heteroatoms. The van der Waals surface area contributed by atoms with Gasteiger partial charge >= 0.3 is 5.97 Å². The summed E-state index contributed by atoms with van der Waals surface area (Å²) >= 11 is 0. The van der Waals surface area contributed by atoms with E-state index in [9.17, 15) is 14.0 Å². The second-order valence-corrected chi connectivity index (χ2v) is 7.92. The summed E-state index contributed by atoms with van der Waals surface area (Å²) in [5, 5.41) is 0. The van der Waals surface area contributed by atoms with Crippen LogP contribution in [0.1, 0.15) is 29.2 Å². The molecule has 2 saturated heterocycles. The van der Waals surface area contributed by atoms with Crippen LogP contribution in [0.5, 0.6) is 0 Å². The van der Waals surface area contributed by atoms with Crippen LogP contribution in [0.4, 0.5) is 4.39 Å². The maximum atomic E-state index is 13.4. The predicted molar refractivity (Wildman–Crippen MR) is 106 cm³/mol. The van der Waals surface area contributed by atoms with Crippen molar-refractivity contribution in [1.82, 2.24) is 9.80 Å². The van der Waals surface area contributed by atoms with E-state index >= 15 is 0 Å². The summed E-state index contributed by atoms with van der Waals surface area (Å²) in [7, 11) is 1.40. The molecule has 2 heterocycles. The van der Waals surface area contributed by atoms with E-state index < -0.39 is 0 Å². The monoisotopic (exact) mass is 396 g/mol. The van der Waals surface area contributed by atoms with Gasteiger partial charge < -0.3 is 9.64 Å². The van der Waals surface area contributed by atoms with Crippen molar-refractivity contribution in [1.29, 1.82) is 0 Å². The number of carbonyl (C=O) groups excluding carboxylic acids is 2. The highest BCUT2D eigenvalue weighted by Crippen LogP contribution is 2.43. The SMILES string of the molecule is COC(=O)[C@H]1C[C@H]2CN(Cc3ccc(F)cc3C)CC(=O)N2[C@H]1c1ccccc1. The number of carbonyl (C=O) groups is 2. The number of hydrogen-bond acceptors (Lipinski definition) is 4. The highest BCUT2D eigenvalue weighted by Gasteiger charge is 2.50. The molecule has 2 aromatic rings. The van der Waals surface area contributed by atoms with Gasteiger partial charge in [0.1, 0.15) is 5.82 Å². The number of benzene rings is 2. The topological polar surface area (TPSA) is 49.9 Å². The number of halogens is 1. The number of ether oxygens (including phenoxy) is 1. The van der Waals surface area contributed by atoms with Gasteiger partial charge in [-0.3, -0.25) is 14.5 Å². The number of fused-ring (bicyclic) bond motifs is 1. The Kier molecular flexibility index (Phi) is 5.37. The lowest BCUT2D eigenvalue weighted by Crippen LogP contribution is -2.54. The van der Waals surface area contributed by atoms with Crippen molar-refractivity contribution >= 4 is 11.9 Å². The normalized spacial score (nSPS) is 24.4. The Morgan fingerprint density at radius 2 is 1.97 bits per heavy atom. The molecule has 0 saturated carbocycles. The summed E-state index contributed by atoms with van der Waals surface area (Å²) in [5.74, 6) is -0.887. The Morgan fingerprint density at radius 3 is 2.66 bits per heavy atom. The van der Waals surface area contributed by atoms with E-state index in [4.69, 9.17) is 4.74 Å². The summed E-state index contributed by atoms with van der Waals surface area (Å²) < 4.78 is 18.5. The summed E-state index contributed by atoms with van der Waals surface area (Å²) in [4.78, 5) is 29.6. The largest absolute Gasteiger partial charge is 0.469 e. The van der Waals surface area contributed by atoms with Gasteiger partial charge in [0.25, 0.3) is 0 Å². The maximum absolute atomic E-state index is 13.4. The van der Waals surface area contributed by atoms with Crippen LogP contribution < -0.4 is 0 Å². The molecule has 152 valence electrons. The van der Waals surface area contributed by atoms with Crippen LogP contribution in [-0.2, 0) is 20.9 Å². The fourth-order valence-electron chi connectivity index (χ4n) is 4.73. The molecule has 2 aliphatic rings. The third-order valence-electron chi connectivity index (χ3n) is 6.06. The number of amides is 1. The van der Waals surface area contributed by atoms with E-state index in [1.54, 1.807) is 6.07 Å². The molecule has 4 rings (SSSR count). The fraction of sp³-hybridized carbons (Fsp3) is 0.391. The van der Waals surface area contributed by atoms with Gasteiger partial charge in [-0.2, -0.15) is 0 Å². The van der Waals surface area contributed by atoms with E-state index in [-0.39, 0.29) is 42.2 Å².